The van der Waals surface area contributed by atoms with Crippen LogP contribution in [0.25, 0.3) is 0 Å². The van der Waals surface area contributed by atoms with E-state index in [0.717, 1.165) is 18.6 Å². The fraction of sp³-hybridized carbons (Fsp3) is 0.667. The number of aliphatic hydroxyl groups excluding tert-OH is 1. The molecular weight excluding hydrogens is 270 g/mol. The molecular formula is C15H27N3O3. The topological polar surface area (TPSA) is 77.7 Å². The summed E-state index contributed by atoms with van der Waals surface area (Å²) in [5.74, 6) is 0.804. The second-order valence-electron chi connectivity index (χ2n) is 5.80. The van der Waals surface area contributed by atoms with Crippen LogP contribution in [-0.4, -0.2) is 48.8 Å². The highest BCUT2D eigenvalue weighted by Crippen LogP contribution is 2.17. The van der Waals surface area contributed by atoms with Crippen molar-refractivity contribution in [3.05, 3.63) is 24.2 Å². The molecule has 0 spiro atoms. The Morgan fingerprint density at radius 1 is 1.52 bits per heavy atom. The Hall–Kier alpha value is -1.53. The Labute approximate surface area is 126 Å². The molecule has 0 aliphatic heterocycles. The maximum absolute atomic E-state index is 12.0. The summed E-state index contributed by atoms with van der Waals surface area (Å²) in [5.41, 5.74) is -0.586. The summed E-state index contributed by atoms with van der Waals surface area (Å²) in [4.78, 5) is 14.0. The number of rotatable bonds is 8. The van der Waals surface area contributed by atoms with E-state index >= 15 is 0 Å². The summed E-state index contributed by atoms with van der Waals surface area (Å²) in [5, 5.41) is 15.1. The van der Waals surface area contributed by atoms with Crippen LogP contribution < -0.4 is 10.6 Å². The molecule has 0 saturated carbocycles. The monoisotopic (exact) mass is 297 g/mol. The zero-order valence-corrected chi connectivity index (χ0v) is 13.3. The molecule has 6 nitrogen and oxygen atoms in total. The van der Waals surface area contributed by atoms with Crippen molar-refractivity contribution >= 4 is 6.03 Å². The molecule has 0 bridgehead atoms. The highest BCUT2D eigenvalue weighted by Gasteiger charge is 2.25. The van der Waals surface area contributed by atoms with Gasteiger partial charge in [0.1, 0.15) is 5.76 Å². The van der Waals surface area contributed by atoms with Gasteiger partial charge in [0.2, 0.25) is 0 Å². The van der Waals surface area contributed by atoms with Crippen LogP contribution >= 0.6 is 0 Å². The molecule has 1 aromatic rings. The Balaban J connectivity index is 2.54. The molecule has 2 amide bonds. The standard InChI is InChI=1S/C15H27N3O3/c1-5-8-15(2,11-19)17-14(20)16-10-12(18(3)4)13-7-6-9-21-13/h6-7,9,12,19H,5,8,10-11H2,1-4H3,(H2,16,17,20). The first-order chi connectivity index (χ1) is 9.91. The summed E-state index contributed by atoms with van der Waals surface area (Å²) >= 11 is 0. The molecule has 21 heavy (non-hydrogen) atoms. The molecule has 3 N–H and O–H groups in total. The maximum Gasteiger partial charge on any atom is 0.315 e. The third-order valence-corrected chi connectivity index (χ3v) is 3.52. The molecule has 1 rings (SSSR count). The van der Waals surface area contributed by atoms with Crippen LogP contribution in [0.15, 0.2) is 22.8 Å². The van der Waals surface area contributed by atoms with E-state index in [4.69, 9.17) is 4.42 Å². The van der Waals surface area contributed by atoms with Crippen LogP contribution in [0.3, 0.4) is 0 Å². The fourth-order valence-corrected chi connectivity index (χ4v) is 2.26. The molecule has 0 aliphatic rings. The van der Waals surface area contributed by atoms with E-state index in [1.165, 1.54) is 0 Å². The first-order valence-electron chi connectivity index (χ1n) is 7.28. The third-order valence-electron chi connectivity index (χ3n) is 3.52. The van der Waals surface area contributed by atoms with Crippen LogP contribution in [0.1, 0.15) is 38.5 Å². The van der Waals surface area contributed by atoms with Gasteiger partial charge in [0, 0.05) is 6.54 Å². The van der Waals surface area contributed by atoms with E-state index in [9.17, 15) is 9.90 Å². The minimum Gasteiger partial charge on any atom is -0.468 e. The lowest BCUT2D eigenvalue weighted by atomic mass is 9.98. The minimum atomic E-state index is -0.586. The lowest BCUT2D eigenvalue weighted by Crippen LogP contribution is -2.53. The molecule has 0 radical (unpaired) electrons. The normalized spacial score (nSPS) is 15.5. The predicted molar refractivity (Wildman–Crippen MR) is 82.1 cm³/mol. The van der Waals surface area contributed by atoms with Crippen LogP contribution in [0.4, 0.5) is 4.79 Å². The van der Waals surface area contributed by atoms with Gasteiger partial charge in [0.15, 0.2) is 0 Å². The lowest BCUT2D eigenvalue weighted by molar-refractivity contribution is 0.161. The smallest absolute Gasteiger partial charge is 0.315 e. The maximum atomic E-state index is 12.0. The Bertz CT molecular complexity index is 420. The first kappa shape index (κ1) is 17.5. The SMILES string of the molecule is CCCC(C)(CO)NC(=O)NCC(c1ccco1)N(C)C. The summed E-state index contributed by atoms with van der Waals surface area (Å²) in [6.07, 6.45) is 3.24. The van der Waals surface area contributed by atoms with Gasteiger partial charge in [-0.15, -0.1) is 0 Å². The second kappa shape index (κ2) is 8.05. The van der Waals surface area contributed by atoms with E-state index in [2.05, 4.69) is 10.6 Å². The van der Waals surface area contributed by atoms with Crippen LogP contribution in [0.2, 0.25) is 0 Å². The summed E-state index contributed by atoms with van der Waals surface area (Å²) in [7, 11) is 3.86. The van der Waals surface area contributed by atoms with E-state index < -0.39 is 5.54 Å². The average Bonchev–Trinajstić information content (AvgIpc) is 2.92. The van der Waals surface area contributed by atoms with Gasteiger partial charge in [-0.1, -0.05) is 13.3 Å². The van der Waals surface area contributed by atoms with E-state index in [1.54, 1.807) is 6.26 Å². The molecule has 6 heteroatoms. The van der Waals surface area contributed by atoms with Gasteiger partial charge in [-0.25, -0.2) is 4.79 Å². The average molecular weight is 297 g/mol. The lowest BCUT2D eigenvalue weighted by Gasteiger charge is -2.29. The van der Waals surface area contributed by atoms with Crippen molar-refractivity contribution in [2.24, 2.45) is 0 Å². The van der Waals surface area contributed by atoms with Gasteiger partial charge < -0.3 is 20.2 Å². The number of nitrogens with zero attached hydrogens (tertiary/aromatic N) is 1. The largest absolute Gasteiger partial charge is 0.468 e. The highest BCUT2D eigenvalue weighted by atomic mass is 16.3. The number of likely N-dealkylation sites (N-methyl/N-ethyl adjacent to an activating group) is 1. The van der Waals surface area contributed by atoms with Gasteiger partial charge >= 0.3 is 6.03 Å². The Morgan fingerprint density at radius 3 is 2.71 bits per heavy atom. The summed E-state index contributed by atoms with van der Waals surface area (Å²) in [6, 6.07) is 3.41. The molecule has 2 atom stereocenters. The number of carbonyl (C=O) groups excluding carboxylic acids is 1. The number of hydrogen-bond donors (Lipinski definition) is 3. The molecule has 1 heterocycles. The van der Waals surface area contributed by atoms with Crippen LogP contribution in [0, 0.1) is 0 Å². The van der Waals surface area contributed by atoms with E-state index in [-0.39, 0.29) is 18.7 Å². The van der Waals surface area contributed by atoms with Gasteiger partial charge in [0.25, 0.3) is 0 Å². The van der Waals surface area contributed by atoms with Crippen molar-refractivity contribution in [1.82, 2.24) is 15.5 Å². The van der Waals surface area contributed by atoms with Crippen molar-refractivity contribution in [3.63, 3.8) is 0 Å². The third kappa shape index (κ3) is 5.40. The molecule has 0 saturated heterocycles. The van der Waals surface area contributed by atoms with Crippen LogP contribution in [-0.2, 0) is 0 Å². The number of furan rings is 1. The number of aliphatic hydroxyl groups is 1. The fourth-order valence-electron chi connectivity index (χ4n) is 2.26. The van der Waals surface area contributed by atoms with Gasteiger partial charge in [-0.2, -0.15) is 0 Å². The summed E-state index contributed by atoms with van der Waals surface area (Å²) in [6.45, 7) is 4.21. The van der Waals surface area contributed by atoms with Crippen molar-refractivity contribution in [2.45, 2.75) is 38.3 Å². The Morgan fingerprint density at radius 2 is 2.24 bits per heavy atom. The number of urea groups is 1. The first-order valence-corrected chi connectivity index (χ1v) is 7.28. The zero-order valence-electron chi connectivity index (χ0n) is 13.3. The number of amides is 2. The van der Waals surface area contributed by atoms with Crippen LogP contribution in [0.5, 0.6) is 0 Å². The predicted octanol–water partition coefficient (Wildman–Crippen LogP) is 1.73. The molecule has 1 aromatic heterocycles. The second-order valence-corrected chi connectivity index (χ2v) is 5.80. The van der Waals surface area contributed by atoms with Gasteiger partial charge in [0.05, 0.1) is 24.5 Å². The van der Waals surface area contributed by atoms with Gasteiger partial charge in [-0.3, -0.25) is 4.90 Å². The molecule has 2 unspecified atom stereocenters. The van der Waals surface area contributed by atoms with Crippen molar-refractivity contribution in [1.29, 1.82) is 0 Å². The number of hydrogen-bond acceptors (Lipinski definition) is 4. The minimum absolute atomic E-state index is 0.0303. The molecule has 0 fully saturated rings. The van der Waals surface area contributed by atoms with Gasteiger partial charge in [-0.05, 0) is 39.6 Å². The van der Waals surface area contributed by atoms with Crippen molar-refractivity contribution in [2.75, 3.05) is 27.2 Å². The molecule has 120 valence electrons. The molecule has 0 aliphatic carbocycles. The highest BCUT2D eigenvalue weighted by molar-refractivity contribution is 5.74. The van der Waals surface area contributed by atoms with E-state index in [0.29, 0.717) is 6.54 Å². The summed E-state index contributed by atoms with van der Waals surface area (Å²) < 4.78 is 5.40. The number of nitrogens with one attached hydrogen (secondary N) is 2. The van der Waals surface area contributed by atoms with E-state index in [1.807, 2.05) is 45.0 Å². The Kier molecular flexibility index (Phi) is 6.71. The molecule has 0 aromatic carbocycles. The zero-order chi connectivity index (χ0) is 15.9. The quantitative estimate of drug-likeness (QED) is 0.683. The van der Waals surface area contributed by atoms with Crippen molar-refractivity contribution < 1.29 is 14.3 Å². The van der Waals surface area contributed by atoms with Crippen molar-refractivity contribution in [3.8, 4) is 0 Å². The number of carbonyl (C=O) groups is 1.